The first-order valence-corrected chi connectivity index (χ1v) is 14.0. The van der Waals surface area contributed by atoms with Crippen LogP contribution < -0.4 is 10.6 Å². The highest BCUT2D eigenvalue weighted by atomic mass is 16.6. The van der Waals surface area contributed by atoms with Gasteiger partial charge in [-0.2, -0.15) is 0 Å². The minimum atomic E-state index is -0.858. The number of nitrogens with zero attached hydrogens (tertiary/aromatic N) is 1. The van der Waals surface area contributed by atoms with Gasteiger partial charge in [0.2, 0.25) is 5.91 Å². The second-order valence-corrected chi connectivity index (χ2v) is 11.4. The van der Waals surface area contributed by atoms with Crippen LogP contribution in [0.15, 0.2) is 36.4 Å². The number of nitrogens with one attached hydrogen (secondary N) is 2. The van der Waals surface area contributed by atoms with Gasteiger partial charge in [-0.1, -0.05) is 74.6 Å². The lowest BCUT2D eigenvalue weighted by atomic mass is 9.96. The van der Waals surface area contributed by atoms with Crippen LogP contribution in [0.3, 0.4) is 0 Å². The average Bonchev–Trinajstić information content (AvgIpc) is 2.84. The standard InChI is InChI=1S/C32H47N3O4/c1-9-10-11-12-13-19-35(27(36)21-33-31(38)39-32(6,7)8)29(26-18-17-22(2)20-25(26)5)30(37)34-28-23(3)15-14-16-24(28)4/h14-18,20,29H,9-13,19,21H2,1-8H3,(H,33,38)(H,34,37). The predicted octanol–water partition coefficient (Wildman–Crippen LogP) is 6.92. The van der Waals surface area contributed by atoms with Crippen LogP contribution in [0.5, 0.6) is 0 Å². The van der Waals surface area contributed by atoms with Crippen LogP contribution >= 0.6 is 0 Å². The fourth-order valence-corrected chi connectivity index (χ4v) is 4.63. The highest BCUT2D eigenvalue weighted by molar-refractivity contribution is 5.99. The van der Waals surface area contributed by atoms with Crippen molar-refractivity contribution in [2.24, 2.45) is 0 Å². The molecule has 0 aliphatic rings. The number of hydrogen-bond acceptors (Lipinski definition) is 4. The van der Waals surface area contributed by atoms with Crippen molar-refractivity contribution < 1.29 is 19.1 Å². The number of rotatable bonds is 12. The Morgan fingerprint density at radius 3 is 2.13 bits per heavy atom. The number of hydrogen-bond donors (Lipinski definition) is 2. The van der Waals surface area contributed by atoms with Crippen LogP contribution in [0.1, 0.15) is 93.7 Å². The zero-order valence-electron chi connectivity index (χ0n) is 25.1. The number of alkyl carbamates (subject to hydrolysis) is 1. The van der Waals surface area contributed by atoms with Gasteiger partial charge in [0.15, 0.2) is 0 Å². The first-order valence-electron chi connectivity index (χ1n) is 14.0. The molecule has 2 N–H and O–H groups in total. The fraction of sp³-hybridized carbons (Fsp3) is 0.531. The van der Waals surface area contributed by atoms with E-state index in [4.69, 9.17) is 4.74 Å². The smallest absolute Gasteiger partial charge is 0.408 e. The Bertz CT molecular complexity index is 1120. The predicted molar refractivity (Wildman–Crippen MR) is 158 cm³/mol. The zero-order chi connectivity index (χ0) is 29.2. The van der Waals surface area contributed by atoms with Gasteiger partial charge in [-0.15, -0.1) is 0 Å². The molecule has 0 radical (unpaired) electrons. The molecule has 0 saturated carbocycles. The third kappa shape index (κ3) is 10.0. The third-order valence-corrected chi connectivity index (χ3v) is 6.61. The van der Waals surface area contributed by atoms with E-state index < -0.39 is 17.7 Å². The lowest BCUT2D eigenvalue weighted by Crippen LogP contribution is -2.47. The second-order valence-electron chi connectivity index (χ2n) is 11.4. The van der Waals surface area contributed by atoms with E-state index in [9.17, 15) is 14.4 Å². The van der Waals surface area contributed by atoms with Gasteiger partial charge in [0, 0.05) is 12.2 Å². The van der Waals surface area contributed by atoms with Crippen LogP contribution in [0.2, 0.25) is 0 Å². The summed E-state index contributed by atoms with van der Waals surface area (Å²) in [6.07, 6.45) is 4.36. The Labute approximate surface area is 234 Å². The summed E-state index contributed by atoms with van der Waals surface area (Å²) in [5, 5.41) is 5.70. The molecule has 0 bridgehead atoms. The number of aryl methyl sites for hydroxylation is 4. The van der Waals surface area contributed by atoms with Gasteiger partial charge in [-0.25, -0.2) is 4.79 Å². The van der Waals surface area contributed by atoms with Crippen LogP contribution in [-0.4, -0.2) is 41.5 Å². The lowest BCUT2D eigenvalue weighted by Gasteiger charge is -2.33. The monoisotopic (exact) mass is 537 g/mol. The van der Waals surface area contributed by atoms with Gasteiger partial charge in [0.1, 0.15) is 18.2 Å². The highest BCUT2D eigenvalue weighted by Gasteiger charge is 2.33. The molecule has 2 aromatic carbocycles. The van der Waals surface area contributed by atoms with E-state index in [1.165, 1.54) is 0 Å². The quantitative estimate of drug-likeness (QED) is 0.288. The van der Waals surface area contributed by atoms with Crippen molar-refractivity contribution in [1.29, 1.82) is 0 Å². The van der Waals surface area contributed by atoms with Gasteiger partial charge in [-0.05, 0) is 77.1 Å². The van der Waals surface area contributed by atoms with Gasteiger partial charge in [0.05, 0.1) is 0 Å². The van der Waals surface area contributed by atoms with Crippen molar-refractivity contribution in [3.05, 3.63) is 64.2 Å². The summed E-state index contributed by atoms with van der Waals surface area (Å²) in [4.78, 5) is 41.7. The summed E-state index contributed by atoms with van der Waals surface area (Å²) < 4.78 is 5.32. The molecule has 0 heterocycles. The minimum Gasteiger partial charge on any atom is -0.444 e. The highest BCUT2D eigenvalue weighted by Crippen LogP contribution is 2.29. The zero-order valence-corrected chi connectivity index (χ0v) is 25.1. The number of unbranched alkanes of at least 4 members (excludes halogenated alkanes) is 4. The molecule has 0 aromatic heterocycles. The first kappa shape index (κ1) is 31.9. The maximum Gasteiger partial charge on any atom is 0.408 e. The molecule has 0 fully saturated rings. The third-order valence-electron chi connectivity index (χ3n) is 6.61. The largest absolute Gasteiger partial charge is 0.444 e. The molecule has 214 valence electrons. The molecule has 1 unspecified atom stereocenters. The summed E-state index contributed by atoms with van der Waals surface area (Å²) in [6, 6.07) is 10.9. The molecule has 2 aromatic rings. The Morgan fingerprint density at radius 2 is 1.54 bits per heavy atom. The Hall–Kier alpha value is -3.35. The van der Waals surface area contributed by atoms with E-state index in [1.54, 1.807) is 25.7 Å². The Kier molecular flexibility index (Phi) is 12.0. The molecule has 0 aliphatic carbocycles. The van der Waals surface area contributed by atoms with Gasteiger partial charge >= 0.3 is 6.09 Å². The van der Waals surface area contributed by atoms with E-state index in [1.807, 2.05) is 64.1 Å². The number of carbonyl (C=O) groups is 3. The van der Waals surface area contributed by atoms with Gasteiger partial charge < -0.3 is 20.3 Å². The van der Waals surface area contributed by atoms with Crippen LogP contribution in [0, 0.1) is 27.7 Å². The minimum absolute atomic E-state index is 0.262. The summed E-state index contributed by atoms with van der Waals surface area (Å²) in [6.45, 7) is 15.5. The maximum absolute atomic E-state index is 14.0. The van der Waals surface area contributed by atoms with Gasteiger partial charge in [-0.3, -0.25) is 9.59 Å². The molecular formula is C32H47N3O4. The lowest BCUT2D eigenvalue weighted by molar-refractivity contribution is -0.138. The van der Waals surface area contributed by atoms with E-state index in [-0.39, 0.29) is 18.4 Å². The average molecular weight is 538 g/mol. The summed E-state index contributed by atoms with van der Waals surface area (Å²) in [7, 11) is 0. The molecule has 2 rings (SSSR count). The first-order chi connectivity index (χ1) is 18.3. The molecular weight excluding hydrogens is 490 g/mol. The number of para-hydroxylation sites is 1. The molecule has 7 nitrogen and oxygen atoms in total. The van der Waals surface area contributed by atoms with Crippen molar-refractivity contribution in [2.75, 3.05) is 18.4 Å². The van der Waals surface area contributed by atoms with Crippen molar-refractivity contribution in [2.45, 2.75) is 99.1 Å². The molecule has 3 amide bonds. The van der Waals surface area contributed by atoms with Crippen molar-refractivity contribution in [3.8, 4) is 0 Å². The topological polar surface area (TPSA) is 87.7 Å². The SMILES string of the molecule is CCCCCCCN(C(=O)CNC(=O)OC(C)(C)C)C(C(=O)Nc1c(C)cccc1C)c1ccc(C)cc1C. The number of ether oxygens (including phenoxy) is 1. The number of amides is 3. The van der Waals surface area contributed by atoms with E-state index >= 15 is 0 Å². The van der Waals surface area contributed by atoms with E-state index in [2.05, 4.69) is 17.6 Å². The molecule has 1 atom stereocenters. The fourth-order valence-electron chi connectivity index (χ4n) is 4.63. The van der Waals surface area contributed by atoms with Crippen molar-refractivity contribution in [3.63, 3.8) is 0 Å². The molecule has 0 spiro atoms. The van der Waals surface area contributed by atoms with Crippen molar-refractivity contribution >= 4 is 23.6 Å². The second kappa shape index (κ2) is 14.7. The Balaban J connectivity index is 2.45. The van der Waals surface area contributed by atoms with Crippen LogP contribution in [0.4, 0.5) is 10.5 Å². The van der Waals surface area contributed by atoms with Crippen molar-refractivity contribution in [1.82, 2.24) is 10.2 Å². The van der Waals surface area contributed by atoms with Crippen LogP contribution in [0.25, 0.3) is 0 Å². The number of benzene rings is 2. The number of carbonyl (C=O) groups excluding carboxylic acids is 3. The maximum atomic E-state index is 14.0. The number of anilines is 1. The summed E-state index contributed by atoms with van der Waals surface area (Å²) in [5.74, 6) is -0.614. The van der Waals surface area contributed by atoms with E-state index in [0.29, 0.717) is 6.54 Å². The van der Waals surface area contributed by atoms with E-state index in [0.717, 1.165) is 65.6 Å². The summed E-state index contributed by atoms with van der Waals surface area (Å²) >= 11 is 0. The molecule has 39 heavy (non-hydrogen) atoms. The van der Waals surface area contributed by atoms with Gasteiger partial charge in [0.25, 0.3) is 5.91 Å². The molecule has 0 aliphatic heterocycles. The normalized spacial score (nSPS) is 12.0. The Morgan fingerprint density at radius 1 is 0.897 bits per heavy atom. The van der Waals surface area contributed by atoms with Crippen LogP contribution in [-0.2, 0) is 14.3 Å². The summed E-state index contributed by atoms with van der Waals surface area (Å²) in [5.41, 5.74) is 4.75. The molecule has 0 saturated heterocycles. The molecule has 7 heteroatoms.